The van der Waals surface area contributed by atoms with Crippen LogP contribution in [0.4, 0.5) is 4.39 Å². The zero-order chi connectivity index (χ0) is 20.4. The largest absolute Gasteiger partial charge is 0.369 e. The van der Waals surface area contributed by atoms with Crippen molar-refractivity contribution in [3.05, 3.63) is 47.4 Å². The van der Waals surface area contributed by atoms with Crippen LogP contribution in [0.1, 0.15) is 43.9 Å². The van der Waals surface area contributed by atoms with Gasteiger partial charge < -0.3 is 20.4 Å². The maximum atomic E-state index is 13.4. The van der Waals surface area contributed by atoms with Crippen molar-refractivity contribution in [3.63, 3.8) is 0 Å². The maximum absolute atomic E-state index is 13.4. The maximum Gasteiger partial charge on any atom is 0.242 e. The Kier molecular flexibility index (Phi) is 5.41. The fourth-order valence-corrected chi connectivity index (χ4v) is 3.94. The average Bonchev–Trinajstić information content (AvgIpc) is 3.18. The van der Waals surface area contributed by atoms with Crippen LogP contribution in [0.5, 0.6) is 0 Å². The number of aromatic amines is 1. The summed E-state index contributed by atoms with van der Waals surface area (Å²) in [5.74, 6) is -0.559. The first-order valence-corrected chi connectivity index (χ1v) is 10.2. The van der Waals surface area contributed by atoms with Crippen LogP contribution >= 0.6 is 0 Å². The SMILES string of the molecule is CCOC1(c2cc(CCC(=O)NC3CCNC3=O)c(-c3ccc(F)cc3)[nH]2)CC1. The molecule has 2 fully saturated rings. The highest BCUT2D eigenvalue weighted by Crippen LogP contribution is 2.49. The molecule has 4 rings (SSSR count). The van der Waals surface area contributed by atoms with E-state index in [1.54, 1.807) is 12.1 Å². The third-order valence-electron chi connectivity index (χ3n) is 5.65. The number of hydrogen-bond acceptors (Lipinski definition) is 3. The zero-order valence-corrected chi connectivity index (χ0v) is 16.5. The van der Waals surface area contributed by atoms with Crippen LogP contribution in [0.25, 0.3) is 11.3 Å². The fourth-order valence-electron chi connectivity index (χ4n) is 3.94. The topological polar surface area (TPSA) is 83.2 Å². The molecule has 0 radical (unpaired) electrons. The molecule has 7 heteroatoms. The van der Waals surface area contributed by atoms with Crippen LogP contribution in [-0.2, 0) is 26.3 Å². The van der Waals surface area contributed by atoms with E-state index in [1.807, 2.05) is 6.92 Å². The predicted octanol–water partition coefficient (Wildman–Crippen LogP) is 2.78. The zero-order valence-electron chi connectivity index (χ0n) is 16.5. The second-order valence-corrected chi connectivity index (χ2v) is 7.72. The molecule has 1 unspecified atom stereocenters. The number of carbonyl (C=O) groups excluding carboxylic acids is 2. The van der Waals surface area contributed by atoms with Crippen molar-refractivity contribution in [1.82, 2.24) is 15.6 Å². The van der Waals surface area contributed by atoms with Gasteiger partial charge in [0, 0.05) is 31.0 Å². The van der Waals surface area contributed by atoms with Gasteiger partial charge in [0.15, 0.2) is 0 Å². The van der Waals surface area contributed by atoms with Gasteiger partial charge in [0.05, 0.1) is 0 Å². The number of amides is 2. The first-order chi connectivity index (χ1) is 14.0. The lowest BCUT2D eigenvalue weighted by Crippen LogP contribution is -2.40. The van der Waals surface area contributed by atoms with E-state index in [1.165, 1.54) is 12.1 Å². The van der Waals surface area contributed by atoms with Gasteiger partial charge >= 0.3 is 0 Å². The Labute approximate surface area is 169 Å². The molecule has 1 aliphatic heterocycles. The number of carbonyl (C=O) groups is 2. The Morgan fingerprint density at radius 3 is 2.69 bits per heavy atom. The molecule has 154 valence electrons. The molecule has 1 saturated carbocycles. The summed E-state index contributed by atoms with van der Waals surface area (Å²) in [6.07, 6.45) is 3.33. The quantitative estimate of drug-likeness (QED) is 0.638. The second-order valence-electron chi connectivity index (χ2n) is 7.72. The number of ether oxygens (including phenoxy) is 1. The van der Waals surface area contributed by atoms with E-state index in [2.05, 4.69) is 21.7 Å². The van der Waals surface area contributed by atoms with Crippen molar-refractivity contribution < 1.29 is 18.7 Å². The van der Waals surface area contributed by atoms with Gasteiger partial charge in [0.2, 0.25) is 11.8 Å². The normalized spacial score (nSPS) is 19.8. The summed E-state index contributed by atoms with van der Waals surface area (Å²) in [6.45, 7) is 3.21. The van der Waals surface area contributed by atoms with Gasteiger partial charge in [-0.1, -0.05) is 0 Å². The smallest absolute Gasteiger partial charge is 0.242 e. The Morgan fingerprint density at radius 1 is 1.31 bits per heavy atom. The van der Waals surface area contributed by atoms with Gasteiger partial charge in [0.1, 0.15) is 17.5 Å². The van der Waals surface area contributed by atoms with E-state index in [0.29, 0.717) is 26.0 Å². The molecular weight excluding hydrogens is 373 g/mol. The molecule has 2 aliphatic rings. The molecule has 1 aliphatic carbocycles. The first kappa shape index (κ1) is 19.6. The lowest BCUT2D eigenvalue weighted by Gasteiger charge is -2.13. The lowest BCUT2D eigenvalue weighted by atomic mass is 10.0. The molecule has 3 N–H and O–H groups in total. The lowest BCUT2D eigenvalue weighted by molar-refractivity contribution is -0.127. The molecule has 2 amide bonds. The fraction of sp³-hybridized carbons (Fsp3) is 0.455. The third-order valence-corrected chi connectivity index (χ3v) is 5.65. The number of nitrogens with one attached hydrogen (secondary N) is 3. The van der Waals surface area contributed by atoms with Crippen LogP contribution in [-0.4, -0.2) is 36.0 Å². The van der Waals surface area contributed by atoms with Crippen molar-refractivity contribution in [2.75, 3.05) is 13.2 Å². The third kappa shape index (κ3) is 4.19. The highest BCUT2D eigenvalue weighted by molar-refractivity contribution is 5.89. The van der Waals surface area contributed by atoms with Gasteiger partial charge in [-0.2, -0.15) is 0 Å². The molecule has 0 bridgehead atoms. The van der Waals surface area contributed by atoms with Gasteiger partial charge in [-0.05, 0) is 74.1 Å². The predicted molar refractivity (Wildman–Crippen MR) is 107 cm³/mol. The Bertz CT molecular complexity index is 903. The van der Waals surface area contributed by atoms with Gasteiger partial charge in [0.25, 0.3) is 0 Å². The first-order valence-electron chi connectivity index (χ1n) is 10.2. The Balaban J connectivity index is 1.52. The van der Waals surface area contributed by atoms with Gasteiger partial charge in [-0.15, -0.1) is 0 Å². The van der Waals surface area contributed by atoms with Crippen LogP contribution in [0.15, 0.2) is 30.3 Å². The Hall–Kier alpha value is -2.67. The summed E-state index contributed by atoms with van der Waals surface area (Å²) >= 11 is 0. The van der Waals surface area contributed by atoms with Gasteiger partial charge in [-0.3, -0.25) is 9.59 Å². The average molecular weight is 399 g/mol. The van der Waals surface area contributed by atoms with Crippen LogP contribution in [0.3, 0.4) is 0 Å². The van der Waals surface area contributed by atoms with E-state index in [-0.39, 0.29) is 29.7 Å². The molecule has 29 heavy (non-hydrogen) atoms. The number of hydrogen-bond donors (Lipinski definition) is 3. The van der Waals surface area contributed by atoms with E-state index in [4.69, 9.17) is 4.74 Å². The van der Waals surface area contributed by atoms with E-state index in [0.717, 1.165) is 35.4 Å². The summed E-state index contributed by atoms with van der Waals surface area (Å²) in [6, 6.07) is 7.96. The monoisotopic (exact) mass is 399 g/mol. The highest BCUT2D eigenvalue weighted by atomic mass is 19.1. The second kappa shape index (κ2) is 7.99. The molecule has 0 spiro atoms. The van der Waals surface area contributed by atoms with Crippen molar-refractivity contribution in [2.24, 2.45) is 0 Å². The van der Waals surface area contributed by atoms with E-state index in [9.17, 15) is 14.0 Å². The number of aromatic nitrogens is 1. The Morgan fingerprint density at radius 2 is 2.07 bits per heavy atom. The van der Waals surface area contributed by atoms with Crippen molar-refractivity contribution in [1.29, 1.82) is 0 Å². The van der Waals surface area contributed by atoms with E-state index < -0.39 is 6.04 Å². The molecule has 6 nitrogen and oxygen atoms in total. The number of halogens is 1. The number of benzene rings is 1. The van der Waals surface area contributed by atoms with Crippen molar-refractivity contribution in [2.45, 2.75) is 50.7 Å². The molecule has 1 atom stereocenters. The number of rotatable bonds is 8. The minimum Gasteiger partial charge on any atom is -0.369 e. The van der Waals surface area contributed by atoms with Crippen LogP contribution in [0.2, 0.25) is 0 Å². The number of aryl methyl sites for hydroxylation is 1. The molecule has 2 aromatic rings. The number of H-pyrrole nitrogens is 1. The molecule has 1 saturated heterocycles. The van der Waals surface area contributed by atoms with Crippen LogP contribution < -0.4 is 10.6 Å². The van der Waals surface area contributed by atoms with Crippen molar-refractivity contribution >= 4 is 11.8 Å². The molecular formula is C22H26FN3O3. The molecule has 1 aromatic carbocycles. The minimum atomic E-state index is -0.437. The highest BCUT2D eigenvalue weighted by Gasteiger charge is 2.47. The van der Waals surface area contributed by atoms with E-state index >= 15 is 0 Å². The summed E-state index contributed by atoms with van der Waals surface area (Å²) < 4.78 is 19.3. The summed E-state index contributed by atoms with van der Waals surface area (Å²) in [4.78, 5) is 27.5. The van der Waals surface area contributed by atoms with Gasteiger partial charge in [-0.25, -0.2) is 4.39 Å². The van der Waals surface area contributed by atoms with Crippen molar-refractivity contribution in [3.8, 4) is 11.3 Å². The molecule has 2 heterocycles. The van der Waals surface area contributed by atoms with Crippen LogP contribution in [0, 0.1) is 5.82 Å². The summed E-state index contributed by atoms with van der Waals surface area (Å²) in [5.41, 5.74) is 3.48. The molecule has 1 aromatic heterocycles. The minimum absolute atomic E-state index is 0.123. The standard InChI is InChI=1S/C22H26FN3O3/c1-2-29-22(10-11-22)18-13-15(20(26-18)14-3-6-16(23)7-4-14)5-8-19(27)25-17-9-12-24-21(17)28/h3-4,6-7,13,17,26H,2,5,8-12H2,1H3,(H,24,28)(H,25,27). The summed E-state index contributed by atoms with van der Waals surface area (Å²) in [7, 11) is 0. The summed E-state index contributed by atoms with van der Waals surface area (Å²) in [5, 5.41) is 5.52.